The Balaban J connectivity index is 2.12. The standard InChI is InChI=1S/C19H20N2O3S2/c1-4-24-19(23)17-12(3)15(11-20)18(26-17)21-16(22)10-13-6-8-14(9-7-13)25-5-2/h6-9H,4-5,10H2,1-3H3,(H,21,22). The molecule has 0 spiro atoms. The molecule has 7 heteroatoms. The third-order valence-corrected chi connectivity index (χ3v) is 5.65. The Hall–Kier alpha value is -2.30. The SMILES string of the molecule is CCOC(=O)c1sc(NC(=O)Cc2ccc(SCC)cc2)c(C#N)c1C. The van der Waals surface area contributed by atoms with E-state index in [-0.39, 0.29) is 18.9 Å². The lowest BCUT2D eigenvalue weighted by molar-refractivity contribution is -0.115. The fraction of sp³-hybridized carbons (Fsp3) is 0.316. The van der Waals surface area contributed by atoms with E-state index in [1.165, 1.54) is 0 Å². The van der Waals surface area contributed by atoms with Gasteiger partial charge in [-0.15, -0.1) is 23.1 Å². The van der Waals surface area contributed by atoms with E-state index in [2.05, 4.69) is 18.3 Å². The number of benzene rings is 1. The van der Waals surface area contributed by atoms with E-state index in [4.69, 9.17) is 4.74 Å². The van der Waals surface area contributed by atoms with Crippen LogP contribution in [0.25, 0.3) is 0 Å². The Morgan fingerprint density at radius 2 is 1.96 bits per heavy atom. The number of carbonyl (C=O) groups is 2. The second-order valence-electron chi connectivity index (χ2n) is 5.39. The largest absolute Gasteiger partial charge is 0.462 e. The second-order valence-corrected chi connectivity index (χ2v) is 7.75. The molecule has 136 valence electrons. The summed E-state index contributed by atoms with van der Waals surface area (Å²) in [7, 11) is 0. The second kappa shape index (κ2) is 9.41. The van der Waals surface area contributed by atoms with Gasteiger partial charge in [0.1, 0.15) is 15.9 Å². The summed E-state index contributed by atoms with van der Waals surface area (Å²) in [5.74, 6) is 0.294. The van der Waals surface area contributed by atoms with E-state index in [1.807, 2.05) is 24.3 Å². The molecule has 1 aromatic carbocycles. The van der Waals surface area contributed by atoms with Crippen molar-refractivity contribution in [3.05, 3.63) is 45.8 Å². The molecule has 0 atom stereocenters. The normalized spacial score (nSPS) is 10.2. The highest BCUT2D eigenvalue weighted by atomic mass is 32.2. The number of nitrogens with one attached hydrogen (secondary N) is 1. The quantitative estimate of drug-likeness (QED) is 0.562. The van der Waals surface area contributed by atoms with Crippen molar-refractivity contribution in [2.45, 2.75) is 32.1 Å². The zero-order valence-corrected chi connectivity index (χ0v) is 16.6. The van der Waals surface area contributed by atoms with Crippen LogP contribution in [0, 0.1) is 18.3 Å². The van der Waals surface area contributed by atoms with E-state index in [9.17, 15) is 14.9 Å². The molecule has 2 rings (SSSR count). The van der Waals surface area contributed by atoms with Crippen molar-refractivity contribution in [1.82, 2.24) is 0 Å². The van der Waals surface area contributed by atoms with Crippen molar-refractivity contribution >= 4 is 40.0 Å². The van der Waals surface area contributed by atoms with E-state index >= 15 is 0 Å². The molecule has 1 heterocycles. The summed E-state index contributed by atoms with van der Waals surface area (Å²) in [6, 6.07) is 9.89. The molecule has 2 aromatic rings. The average Bonchev–Trinajstić information content (AvgIpc) is 2.92. The van der Waals surface area contributed by atoms with Gasteiger partial charge >= 0.3 is 5.97 Å². The molecule has 0 unspecified atom stereocenters. The van der Waals surface area contributed by atoms with Crippen LogP contribution in [0.1, 0.15) is 40.2 Å². The molecule has 0 aliphatic rings. The van der Waals surface area contributed by atoms with Crippen molar-refractivity contribution in [1.29, 1.82) is 5.26 Å². The highest BCUT2D eigenvalue weighted by molar-refractivity contribution is 7.99. The van der Waals surface area contributed by atoms with Crippen molar-refractivity contribution in [2.24, 2.45) is 0 Å². The molecule has 0 aliphatic carbocycles. The molecule has 26 heavy (non-hydrogen) atoms. The Kier molecular flexibility index (Phi) is 7.25. The molecule has 5 nitrogen and oxygen atoms in total. The summed E-state index contributed by atoms with van der Waals surface area (Å²) >= 11 is 2.82. The zero-order chi connectivity index (χ0) is 19.1. The van der Waals surface area contributed by atoms with E-state index in [0.29, 0.717) is 21.0 Å². The maximum atomic E-state index is 12.3. The number of thioether (sulfide) groups is 1. The van der Waals surface area contributed by atoms with Crippen molar-refractivity contribution in [3.8, 4) is 6.07 Å². The topological polar surface area (TPSA) is 79.2 Å². The number of thiophene rings is 1. The van der Waals surface area contributed by atoms with E-state index < -0.39 is 5.97 Å². The van der Waals surface area contributed by atoms with E-state index in [1.54, 1.807) is 25.6 Å². The smallest absolute Gasteiger partial charge is 0.348 e. The zero-order valence-electron chi connectivity index (χ0n) is 14.9. The first-order valence-corrected chi connectivity index (χ1v) is 10.0. The summed E-state index contributed by atoms with van der Waals surface area (Å²) in [5.41, 5.74) is 1.73. The Morgan fingerprint density at radius 1 is 1.27 bits per heavy atom. The Labute approximate surface area is 161 Å². The van der Waals surface area contributed by atoms with Crippen LogP contribution >= 0.6 is 23.1 Å². The third kappa shape index (κ3) is 4.87. The molecule has 0 radical (unpaired) electrons. The maximum absolute atomic E-state index is 12.3. The van der Waals surface area contributed by atoms with Crippen LogP contribution in [0.4, 0.5) is 5.00 Å². The maximum Gasteiger partial charge on any atom is 0.348 e. The molecule has 0 bridgehead atoms. The number of ether oxygens (including phenoxy) is 1. The number of carbonyl (C=O) groups excluding carboxylic acids is 2. The number of hydrogen-bond donors (Lipinski definition) is 1. The van der Waals surface area contributed by atoms with Crippen LogP contribution in [0.5, 0.6) is 0 Å². The van der Waals surface area contributed by atoms with Gasteiger partial charge < -0.3 is 10.1 Å². The molecule has 0 aliphatic heterocycles. The number of rotatable bonds is 7. The number of nitriles is 1. The highest BCUT2D eigenvalue weighted by Gasteiger charge is 2.22. The average molecular weight is 389 g/mol. The van der Waals surface area contributed by atoms with Gasteiger partial charge in [0.15, 0.2) is 0 Å². The first-order chi connectivity index (χ1) is 12.5. The molecular weight excluding hydrogens is 368 g/mol. The van der Waals surface area contributed by atoms with Gasteiger partial charge in [0.2, 0.25) is 5.91 Å². The molecule has 1 amide bonds. The van der Waals surface area contributed by atoms with Crippen LogP contribution in [-0.4, -0.2) is 24.2 Å². The Bertz CT molecular complexity index is 836. The molecule has 0 saturated carbocycles. The highest BCUT2D eigenvalue weighted by Crippen LogP contribution is 2.33. The predicted molar refractivity (Wildman–Crippen MR) is 105 cm³/mol. The van der Waals surface area contributed by atoms with Gasteiger partial charge in [-0.25, -0.2) is 4.79 Å². The number of amides is 1. The number of esters is 1. The molecule has 1 N–H and O–H groups in total. The van der Waals surface area contributed by atoms with Crippen LogP contribution in [0.15, 0.2) is 29.2 Å². The van der Waals surface area contributed by atoms with Gasteiger partial charge in [0.25, 0.3) is 0 Å². The van der Waals surface area contributed by atoms with Gasteiger partial charge in [-0.05, 0) is 42.9 Å². The molecule has 1 aromatic heterocycles. The van der Waals surface area contributed by atoms with Crippen molar-refractivity contribution in [3.63, 3.8) is 0 Å². The monoisotopic (exact) mass is 388 g/mol. The summed E-state index contributed by atoms with van der Waals surface area (Å²) < 4.78 is 5.00. The third-order valence-electron chi connectivity index (χ3n) is 3.57. The fourth-order valence-corrected chi connectivity index (χ4v) is 4.08. The van der Waals surface area contributed by atoms with Gasteiger partial charge in [-0.1, -0.05) is 19.1 Å². The lowest BCUT2D eigenvalue weighted by atomic mass is 10.1. The van der Waals surface area contributed by atoms with Gasteiger partial charge in [0, 0.05) is 4.90 Å². The minimum absolute atomic E-state index is 0.202. The van der Waals surface area contributed by atoms with Gasteiger partial charge in [0.05, 0.1) is 18.6 Å². The molecule has 0 saturated heterocycles. The lowest BCUT2D eigenvalue weighted by Gasteiger charge is -2.05. The summed E-state index contributed by atoms with van der Waals surface area (Å²) in [5, 5.41) is 12.5. The van der Waals surface area contributed by atoms with E-state index in [0.717, 1.165) is 27.5 Å². The first kappa shape index (κ1) is 20.0. The summed E-state index contributed by atoms with van der Waals surface area (Å²) in [6.45, 7) is 5.75. The minimum atomic E-state index is -0.476. The van der Waals surface area contributed by atoms with Crippen LogP contribution in [-0.2, 0) is 16.0 Å². The Morgan fingerprint density at radius 3 is 2.54 bits per heavy atom. The fourth-order valence-electron chi connectivity index (χ4n) is 2.35. The molecular formula is C19H20N2O3S2. The molecule has 0 fully saturated rings. The minimum Gasteiger partial charge on any atom is -0.462 e. The van der Waals surface area contributed by atoms with Crippen molar-refractivity contribution in [2.75, 3.05) is 17.7 Å². The summed E-state index contributed by atoms with van der Waals surface area (Å²) in [6.07, 6.45) is 0.202. The van der Waals surface area contributed by atoms with Crippen LogP contribution in [0.2, 0.25) is 0 Å². The summed E-state index contributed by atoms with van der Waals surface area (Å²) in [4.78, 5) is 25.8. The van der Waals surface area contributed by atoms with Gasteiger partial charge in [-0.2, -0.15) is 5.26 Å². The van der Waals surface area contributed by atoms with Crippen molar-refractivity contribution < 1.29 is 14.3 Å². The number of nitrogens with zero attached hydrogens (tertiary/aromatic N) is 1. The van der Waals surface area contributed by atoms with Gasteiger partial charge in [-0.3, -0.25) is 4.79 Å². The van der Waals surface area contributed by atoms with Crippen LogP contribution in [0.3, 0.4) is 0 Å². The number of anilines is 1. The first-order valence-electron chi connectivity index (χ1n) is 8.22. The lowest BCUT2D eigenvalue weighted by Crippen LogP contribution is -2.14. The number of hydrogen-bond acceptors (Lipinski definition) is 6. The predicted octanol–water partition coefficient (Wildman–Crippen LogP) is 4.40. The van der Waals surface area contributed by atoms with Crippen LogP contribution < -0.4 is 5.32 Å².